The second-order valence-electron chi connectivity index (χ2n) is 10.0. The van der Waals surface area contributed by atoms with Gasteiger partial charge in [0.2, 0.25) is 0 Å². The highest BCUT2D eigenvalue weighted by atomic mass is 28.4. The molecule has 0 saturated carbocycles. The smallest absolute Gasteiger partial charge is 0.364 e. The maximum atomic E-state index is 6.70. The topological polar surface area (TPSA) is 36.9 Å². The minimum Gasteiger partial charge on any atom is -0.391 e. The fourth-order valence-electron chi connectivity index (χ4n) is 3.81. The molecule has 0 bridgehead atoms. The highest BCUT2D eigenvalue weighted by molar-refractivity contribution is 6.78. The third-order valence-electron chi connectivity index (χ3n) is 6.39. The summed E-state index contributed by atoms with van der Waals surface area (Å²) in [6.45, 7) is 16.5. The standard InChI is InChI=1S/C30H62O4Si2/c1-7-13-19-21-27-35(31-23-15-9-3,32-24-16-10-4)29-30-36(33-25-17-11-5,34-26-18-12-6)28-22-20-14-8-2/h21-22,27-28H,7-20,23-26,29-30H2,1-6H3. The molecule has 0 heterocycles. The Kier molecular flexibility index (Phi) is 24.9. The van der Waals surface area contributed by atoms with Gasteiger partial charge in [0.05, 0.1) is 0 Å². The van der Waals surface area contributed by atoms with Crippen LogP contribution in [0.15, 0.2) is 23.6 Å². The van der Waals surface area contributed by atoms with Crippen molar-refractivity contribution < 1.29 is 17.7 Å². The van der Waals surface area contributed by atoms with Gasteiger partial charge in [-0.05, 0) is 62.0 Å². The predicted molar refractivity (Wildman–Crippen MR) is 162 cm³/mol. The van der Waals surface area contributed by atoms with Crippen LogP contribution in [0.1, 0.15) is 131 Å². The summed E-state index contributed by atoms with van der Waals surface area (Å²) in [5.41, 5.74) is 4.71. The van der Waals surface area contributed by atoms with Crippen LogP contribution >= 0.6 is 0 Å². The first-order chi connectivity index (χ1) is 17.6. The van der Waals surface area contributed by atoms with Gasteiger partial charge in [-0.15, -0.1) is 0 Å². The van der Waals surface area contributed by atoms with E-state index in [0.717, 1.165) is 103 Å². The molecule has 0 N–H and O–H groups in total. The lowest BCUT2D eigenvalue weighted by molar-refractivity contribution is 0.163. The fraction of sp³-hybridized carbons (Fsp3) is 0.867. The molecular formula is C30H62O4Si2. The summed E-state index contributed by atoms with van der Waals surface area (Å²) in [5.74, 6) is 0. The molecule has 0 aliphatic heterocycles. The summed E-state index contributed by atoms with van der Waals surface area (Å²) < 4.78 is 26.8. The van der Waals surface area contributed by atoms with Gasteiger partial charge in [-0.2, -0.15) is 0 Å². The van der Waals surface area contributed by atoms with Crippen molar-refractivity contribution in [2.24, 2.45) is 0 Å². The highest BCUT2D eigenvalue weighted by Crippen LogP contribution is 2.28. The quantitative estimate of drug-likeness (QED) is 0.0764. The van der Waals surface area contributed by atoms with Gasteiger partial charge in [-0.1, -0.05) is 105 Å². The number of hydrogen-bond donors (Lipinski definition) is 0. The van der Waals surface area contributed by atoms with Crippen LogP contribution < -0.4 is 0 Å². The largest absolute Gasteiger partial charge is 0.391 e. The summed E-state index contributed by atoms with van der Waals surface area (Å²) in [4.78, 5) is 0. The van der Waals surface area contributed by atoms with Crippen molar-refractivity contribution in [2.45, 2.75) is 144 Å². The molecule has 0 rings (SSSR count). The Hall–Kier alpha value is -0.246. The molecule has 0 atom stereocenters. The van der Waals surface area contributed by atoms with Gasteiger partial charge in [-0.3, -0.25) is 0 Å². The Morgan fingerprint density at radius 3 is 0.944 bits per heavy atom. The van der Waals surface area contributed by atoms with E-state index in [-0.39, 0.29) is 0 Å². The molecule has 214 valence electrons. The maximum absolute atomic E-state index is 6.70. The van der Waals surface area contributed by atoms with Crippen LogP contribution in [-0.2, 0) is 17.7 Å². The zero-order chi connectivity index (χ0) is 26.8. The lowest BCUT2D eigenvalue weighted by Gasteiger charge is -2.33. The number of rotatable bonds is 27. The number of hydrogen-bond acceptors (Lipinski definition) is 4. The Bertz CT molecular complexity index is 459. The Morgan fingerprint density at radius 1 is 0.417 bits per heavy atom. The zero-order valence-corrected chi connectivity index (χ0v) is 27.1. The molecule has 6 heteroatoms. The minimum atomic E-state index is -2.52. The molecule has 0 saturated heterocycles. The summed E-state index contributed by atoms with van der Waals surface area (Å²) in [6, 6.07) is 1.82. The first-order valence-corrected chi connectivity index (χ1v) is 19.7. The summed E-state index contributed by atoms with van der Waals surface area (Å²) in [7, 11) is -5.04. The third kappa shape index (κ3) is 18.1. The molecule has 0 aromatic rings. The van der Waals surface area contributed by atoms with Crippen LogP contribution in [0.2, 0.25) is 12.1 Å². The van der Waals surface area contributed by atoms with Gasteiger partial charge in [0.25, 0.3) is 0 Å². The lowest BCUT2D eigenvalue weighted by Crippen LogP contribution is -2.47. The van der Waals surface area contributed by atoms with Gasteiger partial charge in [0.15, 0.2) is 0 Å². The second kappa shape index (κ2) is 25.1. The van der Waals surface area contributed by atoms with Crippen LogP contribution in [-0.4, -0.2) is 43.5 Å². The summed E-state index contributed by atoms with van der Waals surface area (Å²) in [5, 5.41) is 0. The van der Waals surface area contributed by atoms with Crippen molar-refractivity contribution in [1.29, 1.82) is 0 Å². The van der Waals surface area contributed by atoms with Crippen molar-refractivity contribution in [3.05, 3.63) is 23.6 Å². The SMILES string of the molecule is CCCCC=C[Si](CC[Si](C=CCCCC)(OCCCC)OCCCC)(OCCCC)OCCCC. The minimum absolute atomic E-state index is 0.779. The fourth-order valence-corrected chi connectivity index (χ4v) is 11.1. The molecule has 0 aliphatic carbocycles. The van der Waals surface area contributed by atoms with Crippen molar-refractivity contribution in [2.75, 3.05) is 26.4 Å². The van der Waals surface area contributed by atoms with E-state index in [1.807, 2.05) is 0 Å². The normalized spacial score (nSPS) is 12.9. The number of unbranched alkanes of at least 4 members (excludes halogenated alkanes) is 8. The van der Waals surface area contributed by atoms with E-state index in [1.165, 1.54) is 25.7 Å². The van der Waals surface area contributed by atoms with E-state index in [4.69, 9.17) is 17.7 Å². The third-order valence-corrected chi connectivity index (χ3v) is 13.0. The van der Waals surface area contributed by atoms with Crippen LogP contribution in [0.3, 0.4) is 0 Å². The van der Waals surface area contributed by atoms with Crippen molar-refractivity contribution in [3.8, 4) is 0 Å². The maximum Gasteiger partial charge on any atom is 0.364 e. The molecule has 0 spiro atoms. The molecule has 0 amide bonds. The molecule has 36 heavy (non-hydrogen) atoms. The lowest BCUT2D eigenvalue weighted by atomic mass is 10.2. The molecule has 0 unspecified atom stereocenters. The molecule has 0 radical (unpaired) electrons. The van der Waals surface area contributed by atoms with Crippen molar-refractivity contribution >= 4 is 17.1 Å². The van der Waals surface area contributed by atoms with Gasteiger partial charge in [0, 0.05) is 26.4 Å². The van der Waals surface area contributed by atoms with E-state index < -0.39 is 17.1 Å². The molecule has 0 aromatic carbocycles. The Labute approximate surface area is 228 Å². The van der Waals surface area contributed by atoms with Crippen LogP contribution in [0, 0.1) is 0 Å². The van der Waals surface area contributed by atoms with Crippen molar-refractivity contribution in [1.82, 2.24) is 0 Å². The van der Waals surface area contributed by atoms with Crippen LogP contribution in [0.4, 0.5) is 0 Å². The van der Waals surface area contributed by atoms with Gasteiger partial charge < -0.3 is 17.7 Å². The average Bonchev–Trinajstić information content (AvgIpc) is 2.88. The van der Waals surface area contributed by atoms with Gasteiger partial charge in [0.1, 0.15) is 0 Å². The first-order valence-electron chi connectivity index (χ1n) is 15.5. The van der Waals surface area contributed by atoms with E-state index in [1.54, 1.807) is 0 Å². The van der Waals surface area contributed by atoms with E-state index in [2.05, 4.69) is 65.1 Å². The van der Waals surface area contributed by atoms with Gasteiger partial charge >= 0.3 is 17.1 Å². The summed E-state index contributed by atoms with van der Waals surface area (Å²) >= 11 is 0. The molecule has 0 aromatic heterocycles. The average molecular weight is 543 g/mol. The first kappa shape index (κ1) is 35.8. The highest BCUT2D eigenvalue weighted by Gasteiger charge is 2.42. The monoisotopic (exact) mass is 542 g/mol. The van der Waals surface area contributed by atoms with Crippen molar-refractivity contribution in [3.63, 3.8) is 0 Å². The molecule has 4 nitrogen and oxygen atoms in total. The van der Waals surface area contributed by atoms with Gasteiger partial charge in [-0.25, -0.2) is 0 Å². The van der Waals surface area contributed by atoms with E-state index in [9.17, 15) is 0 Å². The van der Waals surface area contributed by atoms with E-state index in [0.29, 0.717) is 0 Å². The molecular weight excluding hydrogens is 480 g/mol. The molecule has 0 aliphatic rings. The second-order valence-corrected chi connectivity index (χ2v) is 16.1. The number of allylic oxidation sites excluding steroid dienone is 2. The van der Waals surface area contributed by atoms with Crippen LogP contribution in [0.25, 0.3) is 0 Å². The Morgan fingerprint density at radius 2 is 0.694 bits per heavy atom. The van der Waals surface area contributed by atoms with Crippen LogP contribution in [0.5, 0.6) is 0 Å². The summed E-state index contributed by atoms with van der Waals surface area (Å²) in [6.07, 6.45) is 20.6. The predicted octanol–water partition coefficient (Wildman–Crippen LogP) is 9.71. The van der Waals surface area contributed by atoms with E-state index >= 15 is 0 Å². The Balaban J connectivity index is 5.96. The zero-order valence-electron chi connectivity index (χ0n) is 25.1. The molecule has 0 fully saturated rings.